The fourth-order valence-electron chi connectivity index (χ4n) is 5.32. The van der Waals surface area contributed by atoms with Crippen molar-refractivity contribution in [1.82, 2.24) is 14.9 Å². The number of aryl methyl sites for hydroxylation is 1. The van der Waals surface area contributed by atoms with Gasteiger partial charge in [0.25, 0.3) is 0 Å². The van der Waals surface area contributed by atoms with E-state index in [9.17, 15) is 4.79 Å². The maximum Gasteiger partial charge on any atom is 0.225 e. The van der Waals surface area contributed by atoms with Crippen molar-refractivity contribution in [2.45, 2.75) is 71.8 Å². The number of allylic oxidation sites excluding steroid dienone is 1. The number of fused-ring (bicyclic) bond motifs is 1. The number of nitrogens with zero attached hydrogens (tertiary/aromatic N) is 3. The second-order valence-electron chi connectivity index (χ2n) is 10.9. The van der Waals surface area contributed by atoms with Crippen molar-refractivity contribution in [2.75, 3.05) is 20.7 Å². The van der Waals surface area contributed by atoms with Gasteiger partial charge in [-0.2, -0.15) is 0 Å². The number of pyridine rings is 1. The van der Waals surface area contributed by atoms with E-state index in [1.54, 1.807) is 18.4 Å². The maximum atomic E-state index is 13.3. The number of carbonyl (C=O) groups excluding carboxylic acids is 1. The average Bonchev–Trinajstić information content (AvgIpc) is 3.54. The second kappa shape index (κ2) is 12.3. The van der Waals surface area contributed by atoms with Crippen molar-refractivity contribution in [3.8, 4) is 22.2 Å². The zero-order valence-electron chi connectivity index (χ0n) is 23.6. The molecule has 1 aromatic carbocycles. The zero-order valence-corrected chi connectivity index (χ0v) is 24.4. The van der Waals surface area contributed by atoms with Gasteiger partial charge in [0.1, 0.15) is 22.2 Å². The largest absolute Gasteiger partial charge is 0.496 e. The Labute approximate surface area is 231 Å². The summed E-state index contributed by atoms with van der Waals surface area (Å²) in [4.78, 5) is 25.0. The Kier molecular flexibility index (Phi) is 9.08. The first-order valence-electron chi connectivity index (χ1n) is 13.7. The van der Waals surface area contributed by atoms with E-state index in [0.717, 1.165) is 83.0 Å². The summed E-state index contributed by atoms with van der Waals surface area (Å²) in [6, 6.07) is 6.01. The molecule has 7 heteroatoms. The molecule has 1 fully saturated rings. The molecule has 0 bridgehead atoms. The van der Waals surface area contributed by atoms with Gasteiger partial charge in [-0.25, -0.2) is 9.97 Å². The van der Waals surface area contributed by atoms with Crippen molar-refractivity contribution in [1.29, 1.82) is 0 Å². The molecule has 3 unspecified atom stereocenters. The molecule has 3 aromatic rings. The number of thiazole rings is 1. The van der Waals surface area contributed by atoms with Gasteiger partial charge in [-0.15, -0.1) is 17.9 Å². The SMILES string of the molecule is C=CCCCCN(C)C(=O)C1CC(Oc2cc(-c3nc(C(C)C)cs3)nc3c(C)c(OC)ccc23)CC1C. The molecule has 1 aliphatic rings. The normalized spacial score (nSPS) is 19.2. The molecule has 0 aliphatic heterocycles. The summed E-state index contributed by atoms with van der Waals surface area (Å²) in [6.45, 7) is 13.1. The molecule has 38 heavy (non-hydrogen) atoms. The Morgan fingerprint density at radius 1 is 1.24 bits per heavy atom. The van der Waals surface area contributed by atoms with Gasteiger partial charge in [0.2, 0.25) is 5.91 Å². The van der Waals surface area contributed by atoms with Crippen LogP contribution in [0, 0.1) is 18.8 Å². The van der Waals surface area contributed by atoms with E-state index < -0.39 is 0 Å². The lowest BCUT2D eigenvalue weighted by Gasteiger charge is -2.23. The quantitative estimate of drug-likeness (QED) is 0.189. The zero-order chi connectivity index (χ0) is 27.4. The molecular formula is C31H41N3O3S. The van der Waals surface area contributed by atoms with Gasteiger partial charge in [-0.1, -0.05) is 26.8 Å². The summed E-state index contributed by atoms with van der Waals surface area (Å²) in [5.41, 5.74) is 3.70. The van der Waals surface area contributed by atoms with E-state index in [1.807, 2.05) is 43.1 Å². The highest BCUT2D eigenvalue weighted by Crippen LogP contribution is 2.40. The predicted octanol–water partition coefficient (Wildman–Crippen LogP) is 7.41. The van der Waals surface area contributed by atoms with Gasteiger partial charge in [-0.3, -0.25) is 4.79 Å². The van der Waals surface area contributed by atoms with Crippen LogP contribution in [-0.4, -0.2) is 47.6 Å². The third-order valence-electron chi connectivity index (χ3n) is 7.68. The Bertz CT molecular complexity index is 1280. The minimum Gasteiger partial charge on any atom is -0.496 e. The molecule has 1 saturated carbocycles. The minimum absolute atomic E-state index is 0.0219. The Morgan fingerprint density at radius 3 is 2.71 bits per heavy atom. The Morgan fingerprint density at radius 2 is 2.03 bits per heavy atom. The van der Waals surface area contributed by atoms with Crippen molar-refractivity contribution in [3.63, 3.8) is 0 Å². The summed E-state index contributed by atoms with van der Waals surface area (Å²) in [7, 11) is 3.61. The summed E-state index contributed by atoms with van der Waals surface area (Å²) in [6.07, 6.45) is 6.53. The highest BCUT2D eigenvalue weighted by atomic mass is 32.1. The number of carbonyl (C=O) groups is 1. The Hall–Kier alpha value is -2.93. The predicted molar refractivity (Wildman–Crippen MR) is 156 cm³/mol. The van der Waals surface area contributed by atoms with Crippen LogP contribution in [0.4, 0.5) is 0 Å². The molecule has 4 rings (SSSR count). The minimum atomic E-state index is -0.0310. The van der Waals surface area contributed by atoms with E-state index in [1.165, 1.54) is 0 Å². The molecule has 2 aromatic heterocycles. The summed E-state index contributed by atoms with van der Waals surface area (Å²) in [5.74, 6) is 2.42. The number of ether oxygens (including phenoxy) is 2. The molecule has 3 atom stereocenters. The molecule has 1 amide bonds. The molecule has 0 radical (unpaired) electrons. The molecule has 0 N–H and O–H groups in total. The monoisotopic (exact) mass is 535 g/mol. The van der Waals surface area contributed by atoms with Crippen molar-refractivity contribution in [2.24, 2.45) is 11.8 Å². The number of hydrogen-bond donors (Lipinski definition) is 0. The Balaban J connectivity index is 1.59. The van der Waals surface area contributed by atoms with Crippen LogP contribution in [0.25, 0.3) is 21.6 Å². The number of methoxy groups -OCH3 is 1. The first-order chi connectivity index (χ1) is 18.2. The number of rotatable bonds is 11. The van der Waals surface area contributed by atoms with E-state index in [4.69, 9.17) is 19.4 Å². The van der Waals surface area contributed by atoms with E-state index in [-0.39, 0.29) is 23.8 Å². The summed E-state index contributed by atoms with van der Waals surface area (Å²) < 4.78 is 12.3. The lowest BCUT2D eigenvalue weighted by molar-refractivity contribution is -0.135. The standard InChI is InChI=1S/C31H41N3O3S/c1-8-9-10-11-14-34(6)31(35)24-16-22(15-20(24)4)37-28-17-25(30-33-26(18-38-30)19(2)3)32-29-21(5)27(36-7)13-12-23(28)29/h8,12-13,17-20,22,24H,1,9-11,14-16H2,2-7H3. The van der Waals surface area contributed by atoms with Crippen LogP contribution >= 0.6 is 11.3 Å². The lowest BCUT2D eigenvalue weighted by Crippen LogP contribution is -2.35. The van der Waals surface area contributed by atoms with Crippen LogP contribution in [0.5, 0.6) is 11.5 Å². The van der Waals surface area contributed by atoms with Crippen LogP contribution in [0.15, 0.2) is 36.2 Å². The van der Waals surface area contributed by atoms with Gasteiger partial charge in [0, 0.05) is 41.9 Å². The van der Waals surface area contributed by atoms with Crippen LogP contribution in [0.1, 0.15) is 70.1 Å². The van der Waals surface area contributed by atoms with Crippen LogP contribution in [0.3, 0.4) is 0 Å². The van der Waals surface area contributed by atoms with Crippen LogP contribution in [0.2, 0.25) is 0 Å². The maximum absolute atomic E-state index is 13.3. The van der Waals surface area contributed by atoms with E-state index in [2.05, 4.69) is 32.7 Å². The number of unbranched alkanes of at least 4 members (excludes halogenated alkanes) is 2. The van der Waals surface area contributed by atoms with Crippen molar-refractivity contribution < 1.29 is 14.3 Å². The molecule has 6 nitrogen and oxygen atoms in total. The molecule has 0 spiro atoms. The smallest absolute Gasteiger partial charge is 0.225 e. The molecule has 1 aliphatic carbocycles. The third-order valence-corrected chi connectivity index (χ3v) is 8.56. The van der Waals surface area contributed by atoms with Gasteiger partial charge in [-0.05, 0) is 63.0 Å². The van der Waals surface area contributed by atoms with Gasteiger partial charge >= 0.3 is 0 Å². The number of aromatic nitrogens is 2. The van der Waals surface area contributed by atoms with Crippen molar-refractivity contribution in [3.05, 3.63) is 47.5 Å². The first-order valence-corrected chi connectivity index (χ1v) is 14.6. The number of hydrogen-bond acceptors (Lipinski definition) is 6. The highest BCUT2D eigenvalue weighted by molar-refractivity contribution is 7.13. The molecule has 204 valence electrons. The second-order valence-corrected chi connectivity index (χ2v) is 11.7. The summed E-state index contributed by atoms with van der Waals surface area (Å²) in [5, 5.41) is 3.94. The topological polar surface area (TPSA) is 64.6 Å². The molecule has 0 saturated heterocycles. The molecular weight excluding hydrogens is 494 g/mol. The average molecular weight is 536 g/mol. The fourth-order valence-corrected chi connectivity index (χ4v) is 6.26. The first kappa shape index (κ1) is 28.1. The third kappa shape index (κ3) is 6.04. The lowest BCUT2D eigenvalue weighted by atomic mass is 9.96. The van der Waals surface area contributed by atoms with Crippen molar-refractivity contribution >= 4 is 28.1 Å². The van der Waals surface area contributed by atoms with Crippen LogP contribution < -0.4 is 9.47 Å². The highest BCUT2D eigenvalue weighted by Gasteiger charge is 2.38. The van der Waals surface area contributed by atoms with E-state index >= 15 is 0 Å². The van der Waals surface area contributed by atoms with Crippen LogP contribution in [-0.2, 0) is 4.79 Å². The van der Waals surface area contributed by atoms with Gasteiger partial charge < -0.3 is 14.4 Å². The fraction of sp³-hybridized carbons (Fsp3) is 0.516. The number of benzene rings is 1. The van der Waals surface area contributed by atoms with E-state index in [0.29, 0.717) is 5.92 Å². The number of amides is 1. The van der Waals surface area contributed by atoms with Gasteiger partial charge in [0.15, 0.2) is 0 Å². The van der Waals surface area contributed by atoms with Gasteiger partial charge in [0.05, 0.1) is 24.4 Å². The summed E-state index contributed by atoms with van der Waals surface area (Å²) >= 11 is 1.61. The molecule has 2 heterocycles.